The van der Waals surface area contributed by atoms with E-state index in [4.69, 9.17) is 15.6 Å². The van der Waals surface area contributed by atoms with Crippen molar-refractivity contribution >= 4 is 5.82 Å². The van der Waals surface area contributed by atoms with Gasteiger partial charge in [-0.25, -0.2) is 15.8 Å². The zero-order chi connectivity index (χ0) is 15.5. The Labute approximate surface area is 127 Å². The first-order valence-electron chi connectivity index (χ1n) is 8.00. The molecule has 2 rings (SSSR count). The van der Waals surface area contributed by atoms with E-state index in [2.05, 4.69) is 31.2 Å². The molecular formula is C16H28N4O. The van der Waals surface area contributed by atoms with E-state index >= 15 is 0 Å². The second-order valence-electron chi connectivity index (χ2n) is 6.43. The maximum absolute atomic E-state index is 6.17. The molecule has 1 saturated carbocycles. The van der Waals surface area contributed by atoms with Crippen molar-refractivity contribution in [3.8, 4) is 0 Å². The Hall–Kier alpha value is -1.20. The molecule has 1 aliphatic carbocycles. The van der Waals surface area contributed by atoms with Crippen molar-refractivity contribution in [2.45, 2.75) is 64.9 Å². The van der Waals surface area contributed by atoms with E-state index in [0.29, 0.717) is 24.3 Å². The minimum atomic E-state index is -0.358. The summed E-state index contributed by atoms with van der Waals surface area (Å²) in [5.41, 5.74) is 3.31. The normalized spacial score (nSPS) is 26.1. The molecular weight excluding hydrogens is 264 g/mol. The Bertz CT molecular complexity index is 473. The van der Waals surface area contributed by atoms with Crippen molar-refractivity contribution in [3.05, 3.63) is 17.6 Å². The molecule has 5 heteroatoms. The van der Waals surface area contributed by atoms with Gasteiger partial charge in [0, 0.05) is 18.4 Å². The van der Waals surface area contributed by atoms with Gasteiger partial charge in [0.2, 0.25) is 0 Å². The first-order valence-corrected chi connectivity index (χ1v) is 8.00. The van der Waals surface area contributed by atoms with Gasteiger partial charge in [-0.1, -0.05) is 27.2 Å². The molecule has 2 unspecified atom stereocenters. The highest BCUT2D eigenvalue weighted by Gasteiger charge is 2.40. The van der Waals surface area contributed by atoms with Crippen LogP contribution in [0.15, 0.2) is 6.07 Å². The number of nitrogens with one attached hydrogen (secondary N) is 1. The number of ether oxygens (including phenoxy) is 1. The van der Waals surface area contributed by atoms with Gasteiger partial charge in [0.1, 0.15) is 11.4 Å². The molecule has 0 saturated heterocycles. The average Bonchev–Trinajstić information content (AvgIpc) is 2.47. The molecule has 21 heavy (non-hydrogen) atoms. The zero-order valence-electron chi connectivity index (χ0n) is 13.6. The quantitative estimate of drug-likeness (QED) is 0.643. The number of anilines is 1. The molecule has 0 radical (unpaired) electrons. The first-order chi connectivity index (χ1) is 10.0. The van der Waals surface area contributed by atoms with E-state index < -0.39 is 0 Å². The maximum atomic E-state index is 6.17. The topological polar surface area (TPSA) is 73.1 Å². The minimum Gasteiger partial charge on any atom is -0.367 e. The fraction of sp³-hybridized carbons (Fsp3) is 0.750. The van der Waals surface area contributed by atoms with Crippen LogP contribution in [0.4, 0.5) is 5.82 Å². The molecule has 3 N–H and O–H groups in total. The highest BCUT2D eigenvalue weighted by atomic mass is 16.5. The number of aromatic nitrogens is 2. The molecule has 2 atom stereocenters. The summed E-state index contributed by atoms with van der Waals surface area (Å²) in [6, 6.07) is 1.92. The van der Waals surface area contributed by atoms with Crippen LogP contribution in [0.5, 0.6) is 0 Å². The van der Waals surface area contributed by atoms with Gasteiger partial charge in [-0.2, -0.15) is 0 Å². The molecule has 1 aromatic heterocycles. The van der Waals surface area contributed by atoms with Crippen molar-refractivity contribution < 1.29 is 4.74 Å². The summed E-state index contributed by atoms with van der Waals surface area (Å²) in [5.74, 6) is 8.00. The first kappa shape index (κ1) is 16.2. The number of hydrogen-bond donors (Lipinski definition) is 2. The SMILES string of the molecule is CCOC1(c2nc(NN)cc(C(C)C)n2)CCCC(C)C1. The van der Waals surface area contributed by atoms with Crippen LogP contribution < -0.4 is 11.3 Å². The Morgan fingerprint density at radius 3 is 2.81 bits per heavy atom. The molecule has 1 heterocycles. The summed E-state index contributed by atoms with van der Waals surface area (Å²) < 4.78 is 6.17. The van der Waals surface area contributed by atoms with Crippen LogP contribution in [-0.4, -0.2) is 16.6 Å². The second-order valence-corrected chi connectivity index (χ2v) is 6.43. The highest BCUT2D eigenvalue weighted by molar-refractivity contribution is 5.36. The van der Waals surface area contributed by atoms with E-state index in [1.54, 1.807) is 0 Å². The molecule has 118 valence electrons. The van der Waals surface area contributed by atoms with Gasteiger partial charge < -0.3 is 10.2 Å². The lowest BCUT2D eigenvalue weighted by Gasteiger charge is -2.38. The lowest BCUT2D eigenvalue weighted by molar-refractivity contribution is -0.0881. The van der Waals surface area contributed by atoms with Gasteiger partial charge in [0.15, 0.2) is 5.82 Å². The summed E-state index contributed by atoms with van der Waals surface area (Å²) in [7, 11) is 0. The van der Waals surface area contributed by atoms with Gasteiger partial charge >= 0.3 is 0 Å². The Balaban J connectivity index is 2.46. The standard InChI is InChI=1S/C16H28N4O/c1-5-21-16(8-6-7-12(4)10-16)15-18-13(11(2)3)9-14(19-15)20-17/h9,11-12H,5-8,10,17H2,1-4H3,(H,18,19,20). The predicted octanol–water partition coefficient (Wildman–Crippen LogP) is 3.33. The van der Waals surface area contributed by atoms with Crippen molar-refractivity contribution in [1.82, 2.24) is 9.97 Å². The Morgan fingerprint density at radius 1 is 1.48 bits per heavy atom. The van der Waals surface area contributed by atoms with E-state index in [0.717, 1.165) is 30.8 Å². The van der Waals surface area contributed by atoms with Gasteiger partial charge in [-0.15, -0.1) is 0 Å². The van der Waals surface area contributed by atoms with Crippen LogP contribution in [0.25, 0.3) is 0 Å². The summed E-state index contributed by atoms with van der Waals surface area (Å²) in [6.07, 6.45) is 4.37. The van der Waals surface area contributed by atoms with Crippen LogP contribution in [0.3, 0.4) is 0 Å². The summed E-state index contributed by atoms with van der Waals surface area (Å²) in [4.78, 5) is 9.41. The van der Waals surface area contributed by atoms with Gasteiger partial charge in [0.05, 0.1) is 0 Å². The van der Waals surface area contributed by atoms with Crippen molar-refractivity contribution in [1.29, 1.82) is 0 Å². The van der Waals surface area contributed by atoms with Crippen molar-refractivity contribution in [2.24, 2.45) is 11.8 Å². The highest BCUT2D eigenvalue weighted by Crippen LogP contribution is 2.42. The molecule has 0 spiro atoms. The maximum Gasteiger partial charge on any atom is 0.162 e. The number of nitrogen functional groups attached to an aromatic ring is 1. The fourth-order valence-corrected chi connectivity index (χ4v) is 3.22. The second kappa shape index (κ2) is 6.71. The molecule has 1 aromatic rings. The van der Waals surface area contributed by atoms with Crippen LogP contribution in [0.1, 0.15) is 70.8 Å². The van der Waals surface area contributed by atoms with Crippen LogP contribution >= 0.6 is 0 Å². The summed E-state index contributed by atoms with van der Waals surface area (Å²) in [6.45, 7) is 9.25. The molecule has 0 amide bonds. The van der Waals surface area contributed by atoms with Gasteiger partial charge in [-0.05, 0) is 38.0 Å². The molecule has 0 bridgehead atoms. The van der Waals surface area contributed by atoms with E-state index in [1.165, 1.54) is 6.42 Å². The van der Waals surface area contributed by atoms with Gasteiger partial charge in [-0.3, -0.25) is 0 Å². The lowest BCUT2D eigenvalue weighted by Crippen LogP contribution is -2.37. The monoisotopic (exact) mass is 292 g/mol. The third kappa shape index (κ3) is 3.52. The average molecular weight is 292 g/mol. The zero-order valence-corrected chi connectivity index (χ0v) is 13.6. The number of hydrazine groups is 1. The van der Waals surface area contributed by atoms with Crippen LogP contribution in [-0.2, 0) is 10.3 Å². The molecule has 1 aliphatic rings. The molecule has 0 aromatic carbocycles. The summed E-state index contributed by atoms with van der Waals surface area (Å²) in [5, 5.41) is 0. The molecule has 1 fully saturated rings. The largest absolute Gasteiger partial charge is 0.367 e. The van der Waals surface area contributed by atoms with E-state index in [1.807, 2.05) is 13.0 Å². The third-order valence-corrected chi connectivity index (χ3v) is 4.27. The molecule has 0 aliphatic heterocycles. The predicted molar refractivity (Wildman–Crippen MR) is 84.9 cm³/mol. The van der Waals surface area contributed by atoms with Gasteiger partial charge in [0.25, 0.3) is 0 Å². The van der Waals surface area contributed by atoms with Crippen molar-refractivity contribution in [2.75, 3.05) is 12.0 Å². The molecule has 5 nitrogen and oxygen atoms in total. The number of hydrogen-bond acceptors (Lipinski definition) is 5. The third-order valence-electron chi connectivity index (χ3n) is 4.27. The Morgan fingerprint density at radius 2 is 2.24 bits per heavy atom. The smallest absolute Gasteiger partial charge is 0.162 e. The van der Waals surface area contributed by atoms with E-state index in [-0.39, 0.29) is 5.60 Å². The van der Waals surface area contributed by atoms with Crippen LogP contribution in [0.2, 0.25) is 0 Å². The van der Waals surface area contributed by atoms with E-state index in [9.17, 15) is 0 Å². The lowest BCUT2D eigenvalue weighted by atomic mass is 9.78. The summed E-state index contributed by atoms with van der Waals surface area (Å²) >= 11 is 0. The Kier molecular flexibility index (Phi) is 5.17. The fourth-order valence-electron chi connectivity index (χ4n) is 3.22. The minimum absolute atomic E-state index is 0.332. The number of nitrogens with zero attached hydrogens (tertiary/aromatic N) is 2. The number of nitrogens with two attached hydrogens (primary N) is 1. The van der Waals surface area contributed by atoms with Crippen molar-refractivity contribution in [3.63, 3.8) is 0 Å². The number of rotatable bonds is 5. The van der Waals surface area contributed by atoms with Crippen LogP contribution in [0, 0.1) is 5.92 Å².